The van der Waals surface area contributed by atoms with E-state index in [1.807, 2.05) is 6.07 Å². The first-order valence-electron chi connectivity index (χ1n) is 5.41. The lowest BCUT2D eigenvalue weighted by atomic mass is 9.94. The van der Waals surface area contributed by atoms with Gasteiger partial charge in [0.2, 0.25) is 0 Å². The molecular formula is C13H15BrO2. The van der Waals surface area contributed by atoms with Gasteiger partial charge in [-0.15, -0.1) is 0 Å². The molecular weight excluding hydrogens is 268 g/mol. The molecule has 0 aliphatic heterocycles. The SMILES string of the molecule is COC(=O)C1(Cc2cc(Br)ccc2C)CC1. The van der Waals surface area contributed by atoms with Gasteiger partial charge in [0.25, 0.3) is 0 Å². The third-order valence-corrected chi connectivity index (χ3v) is 3.81. The van der Waals surface area contributed by atoms with E-state index in [4.69, 9.17) is 4.74 Å². The fraction of sp³-hybridized carbons (Fsp3) is 0.462. The Morgan fingerprint density at radius 1 is 1.50 bits per heavy atom. The van der Waals surface area contributed by atoms with Crippen molar-refractivity contribution in [3.63, 3.8) is 0 Å². The maximum Gasteiger partial charge on any atom is 0.312 e. The number of hydrogen-bond acceptors (Lipinski definition) is 2. The minimum atomic E-state index is -0.236. The monoisotopic (exact) mass is 282 g/mol. The Morgan fingerprint density at radius 2 is 2.19 bits per heavy atom. The zero-order valence-corrected chi connectivity index (χ0v) is 11.1. The molecule has 0 saturated heterocycles. The highest BCUT2D eigenvalue weighted by Gasteiger charge is 2.50. The molecule has 0 N–H and O–H groups in total. The summed E-state index contributed by atoms with van der Waals surface area (Å²) in [6.45, 7) is 2.08. The molecule has 0 spiro atoms. The number of ether oxygens (including phenoxy) is 1. The number of hydrogen-bond donors (Lipinski definition) is 0. The molecule has 2 rings (SSSR count). The van der Waals surface area contributed by atoms with Gasteiger partial charge in [-0.2, -0.15) is 0 Å². The maximum atomic E-state index is 11.7. The molecule has 1 aliphatic rings. The van der Waals surface area contributed by atoms with E-state index in [-0.39, 0.29) is 11.4 Å². The second-order valence-electron chi connectivity index (χ2n) is 4.52. The van der Waals surface area contributed by atoms with Crippen LogP contribution in [0, 0.1) is 12.3 Å². The van der Waals surface area contributed by atoms with Gasteiger partial charge in [-0.25, -0.2) is 0 Å². The molecule has 1 saturated carbocycles. The summed E-state index contributed by atoms with van der Waals surface area (Å²) < 4.78 is 5.93. The first kappa shape index (κ1) is 11.6. The molecule has 16 heavy (non-hydrogen) atoms. The van der Waals surface area contributed by atoms with Gasteiger partial charge in [0.05, 0.1) is 12.5 Å². The molecule has 0 aromatic heterocycles. The van der Waals surface area contributed by atoms with Crippen molar-refractivity contribution in [2.24, 2.45) is 5.41 Å². The number of methoxy groups -OCH3 is 1. The highest BCUT2D eigenvalue weighted by Crippen LogP contribution is 2.49. The molecule has 0 atom stereocenters. The van der Waals surface area contributed by atoms with Crippen LogP contribution in [0.15, 0.2) is 22.7 Å². The molecule has 1 aromatic rings. The third kappa shape index (κ3) is 2.14. The molecule has 1 aromatic carbocycles. The molecule has 0 heterocycles. The van der Waals surface area contributed by atoms with E-state index in [9.17, 15) is 4.79 Å². The summed E-state index contributed by atoms with van der Waals surface area (Å²) >= 11 is 3.46. The van der Waals surface area contributed by atoms with Gasteiger partial charge in [0.15, 0.2) is 0 Å². The van der Waals surface area contributed by atoms with Crippen molar-refractivity contribution in [2.45, 2.75) is 26.2 Å². The van der Waals surface area contributed by atoms with Crippen LogP contribution in [0.5, 0.6) is 0 Å². The van der Waals surface area contributed by atoms with Crippen molar-refractivity contribution in [1.29, 1.82) is 0 Å². The van der Waals surface area contributed by atoms with E-state index in [1.54, 1.807) is 0 Å². The molecule has 2 nitrogen and oxygen atoms in total. The van der Waals surface area contributed by atoms with Gasteiger partial charge in [-0.1, -0.05) is 22.0 Å². The van der Waals surface area contributed by atoms with Crippen LogP contribution >= 0.6 is 15.9 Å². The zero-order chi connectivity index (χ0) is 11.8. The summed E-state index contributed by atoms with van der Waals surface area (Å²) in [5.74, 6) is -0.0631. The second-order valence-corrected chi connectivity index (χ2v) is 5.44. The molecule has 86 valence electrons. The van der Waals surface area contributed by atoms with Gasteiger partial charge in [0, 0.05) is 4.47 Å². The molecule has 3 heteroatoms. The van der Waals surface area contributed by atoms with Crippen LogP contribution in [0.4, 0.5) is 0 Å². The summed E-state index contributed by atoms with van der Waals surface area (Å²) in [7, 11) is 1.47. The highest BCUT2D eigenvalue weighted by molar-refractivity contribution is 9.10. The summed E-state index contributed by atoms with van der Waals surface area (Å²) in [4.78, 5) is 11.7. The second kappa shape index (κ2) is 4.21. The van der Waals surface area contributed by atoms with Crippen LogP contribution in [-0.4, -0.2) is 13.1 Å². The summed E-state index contributed by atoms with van der Waals surface area (Å²) in [6, 6.07) is 6.20. The Kier molecular flexibility index (Phi) is 3.06. The fourth-order valence-corrected chi connectivity index (χ4v) is 2.42. The van der Waals surface area contributed by atoms with Gasteiger partial charge in [0.1, 0.15) is 0 Å². The minimum absolute atomic E-state index is 0.0631. The van der Waals surface area contributed by atoms with Gasteiger partial charge in [-0.3, -0.25) is 4.79 Å². The fourth-order valence-electron chi connectivity index (χ4n) is 2.02. The maximum absolute atomic E-state index is 11.7. The number of aryl methyl sites for hydroxylation is 1. The van der Waals surface area contributed by atoms with Crippen molar-refractivity contribution >= 4 is 21.9 Å². The largest absolute Gasteiger partial charge is 0.469 e. The Hall–Kier alpha value is -0.830. The van der Waals surface area contributed by atoms with Crippen molar-refractivity contribution in [1.82, 2.24) is 0 Å². The van der Waals surface area contributed by atoms with Crippen LogP contribution in [0.3, 0.4) is 0 Å². The lowest BCUT2D eigenvalue weighted by Crippen LogP contribution is -2.20. The average molecular weight is 283 g/mol. The minimum Gasteiger partial charge on any atom is -0.469 e. The smallest absolute Gasteiger partial charge is 0.312 e. The van der Waals surface area contributed by atoms with Gasteiger partial charge < -0.3 is 4.74 Å². The average Bonchev–Trinajstić information content (AvgIpc) is 3.03. The third-order valence-electron chi connectivity index (χ3n) is 3.31. The summed E-state index contributed by atoms with van der Waals surface area (Å²) in [6.07, 6.45) is 2.70. The topological polar surface area (TPSA) is 26.3 Å². The van der Waals surface area contributed by atoms with Crippen molar-refractivity contribution in [3.8, 4) is 0 Å². The zero-order valence-electron chi connectivity index (χ0n) is 9.55. The van der Waals surface area contributed by atoms with Crippen molar-refractivity contribution < 1.29 is 9.53 Å². The van der Waals surface area contributed by atoms with Crippen LogP contribution in [-0.2, 0) is 16.0 Å². The molecule has 0 amide bonds. The van der Waals surface area contributed by atoms with Crippen molar-refractivity contribution in [3.05, 3.63) is 33.8 Å². The van der Waals surface area contributed by atoms with Gasteiger partial charge in [-0.05, 0) is 49.4 Å². The highest BCUT2D eigenvalue weighted by atomic mass is 79.9. The Bertz CT molecular complexity index is 422. The number of carbonyl (C=O) groups is 1. The van der Waals surface area contributed by atoms with E-state index >= 15 is 0 Å². The molecule has 1 fully saturated rings. The van der Waals surface area contributed by atoms with Crippen LogP contribution in [0.25, 0.3) is 0 Å². The first-order chi connectivity index (χ1) is 7.57. The first-order valence-corrected chi connectivity index (χ1v) is 6.20. The normalized spacial score (nSPS) is 16.9. The van der Waals surface area contributed by atoms with E-state index in [2.05, 4.69) is 35.0 Å². The molecule has 0 radical (unpaired) electrons. The van der Waals surface area contributed by atoms with Gasteiger partial charge >= 0.3 is 5.97 Å². The Balaban J connectivity index is 2.21. The molecule has 0 unspecified atom stereocenters. The summed E-state index contributed by atoms with van der Waals surface area (Å²) in [5, 5.41) is 0. The number of esters is 1. The Morgan fingerprint density at radius 3 is 2.75 bits per heavy atom. The number of rotatable bonds is 3. The quantitative estimate of drug-likeness (QED) is 0.796. The van der Waals surface area contributed by atoms with E-state index in [0.29, 0.717) is 0 Å². The number of benzene rings is 1. The van der Waals surface area contributed by atoms with Crippen LogP contribution < -0.4 is 0 Å². The van der Waals surface area contributed by atoms with Crippen LogP contribution in [0.1, 0.15) is 24.0 Å². The lowest BCUT2D eigenvalue weighted by Gasteiger charge is -2.14. The van der Waals surface area contributed by atoms with Crippen LogP contribution in [0.2, 0.25) is 0 Å². The predicted molar refractivity (Wildman–Crippen MR) is 66.3 cm³/mol. The number of carbonyl (C=O) groups excluding carboxylic acids is 1. The number of halogens is 1. The van der Waals surface area contributed by atoms with E-state index in [0.717, 1.165) is 23.7 Å². The van der Waals surface area contributed by atoms with E-state index < -0.39 is 0 Å². The standard InChI is InChI=1S/C13H15BrO2/c1-9-3-4-11(14)7-10(9)8-13(5-6-13)12(15)16-2/h3-4,7H,5-6,8H2,1-2H3. The lowest BCUT2D eigenvalue weighted by molar-refractivity contribution is -0.147. The molecule has 0 bridgehead atoms. The summed E-state index contributed by atoms with van der Waals surface area (Å²) in [5.41, 5.74) is 2.23. The van der Waals surface area contributed by atoms with Crippen molar-refractivity contribution in [2.75, 3.05) is 7.11 Å². The Labute approximate surface area is 104 Å². The molecule has 1 aliphatic carbocycles. The predicted octanol–water partition coefficient (Wildman–Crippen LogP) is 3.25. The van der Waals surface area contributed by atoms with E-state index in [1.165, 1.54) is 18.2 Å².